The topological polar surface area (TPSA) is 38.5 Å². The molecule has 2 rings (SSSR count). The van der Waals surface area contributed by atoms with Crippen LogP contribution in [0.25, 0.3) is 0 Å². The van der Waals surface area contributed by atoms with Gasteiger partial charge >= 0.3 is 0 Å². The Morgan fingerprint density at radius 1 is 1.43 bits per heavy atom. The van der Waals surface area contributed by atoms with Crippen molar-refractivity contribution in [2.24, 2.45) is 0 Å². The van der Waals surface area contributed by atoms with Crippen LogP contribution in [0.5, 0.6) is 0 Å². The summed E-state index contributed by atoms with van der Waals surface area (Å²) in [6.45, 7) is 3.99. The molecule has 0 unspecified atom stereocenters. The van der Waals surface area contributed by atoms with Gasteiger partial charge in [-0.05, 0) is 18.6 Å². The van der Waals surface area contributed by atoms with Crippen molar-refractivity contribution in [1.29, 1.82) is 0 Å². The number of rotatable bonds is 2. The molecule has 0 amide bonds. The minimum absolute atomic E-state index is 0.369. The van der Waals surface area contributed by atoms with Crippen molar-refractivity contribution < 1.29 is 4.74 Å². The summed E-state index contributed by atoms with van der Waals surface area (Å²) in [6.07, 6.45) is 0.369. The molecule has 0 aromatic heterocycles. The maximum Gasteiger partial charge on any atom is 0.0920 e. The van der Waals surface area contributed by atoms with Crippen LogP contribution in [0.4, 0.5) is 11.4 Å². The highest BCUT2D eigenvalue weighted by Gasteiger charge is 2.28. The molecule has 0 aliphatic carbocycles. The zero-order valence-corrected chi connectivity index (χ0v) is 8.66. The zero-order valence-electron chi connectivity index (χ0n) is 8.66. The van der Waals surface area contributed by atoms with E-state index >= 15 is 0 Å². The number of hydrogen-bond acceptors (Lipinski definition) is 3. The molecule has 1 aliphatic heterocycles. The number of nitrogens with two attached hydrogens (primary N) is 1. The predicted octanol–water partition coefficient (Wildman–Crippen LogP) is 1.41. The van der Waals surface area contributed by atoms with E-state index in [1.807, 2.05) is 12.1 Å². The maximum atomic E-state index is 5.94. The van der Waals surface area contributed by atoms with E-state index in [9.17, 15) is 0 Å². The van der Waals surface area contributed by atoms with Crippen molar-refractivity contribution >= 4 is 11.4 Å². The van der Waals surface area contributed by atoms with E-state index in [4.69, 9.17) is 10.5 Å². The smallest absolute Gasteiger partial charge is 0.0920 e. The Bertz CT molecular complexity index is 312. The molecule has 3 heteroatoms. The quantitative estimate of drug-likeness (QED) is 0.720. The Morgan fingerprint density at radius 3 is 2.71 bits per heavy atom. The van der Waals surface area contributed by atoms with Gasteiger partial charge in [-0.1, -0.05) is 12.1 Å². The number of nitrogens with zero attached hydrogens (tertiary/aromatic N) is 1. The van der Waals surface area contributed by atoms with Crippen molar-refractivity contribution in [3.05, 3.63) is 23.8 Å². The summed E-state index contributed by atoms with van der Waals surface area (Å²) in [6, 6.07) is 6.02. The molecular formula is C11H16N2O. The van der Waals surface area contributed by atoms with Gasteiger partial charge in [-0.3, -0.25) is 0 Å². The molecule has 1 aromatic rings. The van der Waals surface area contributed by atoms with Gasteiger partial charge in [-0.25, -0.2) is 0 Å². The first-order valence-corrected chi connectivity index (χ1v) is 4.85. The van der Waals surface area contributed by atoms with E-state index in [0.29, 0.717) is 6.10 Å². The molecule has 0 spiro atoms. The van der Waals surface area contributed by atoms with Crippen LogP contribution >= 0.6 is 0 Å². The van der Waals surface area contributed by atoms with Gasteiger partial charge in [-0.2, -0.15) is 0 Å². The fraction of sp³-hybridized carbons (Fsp3) is 0.455. The molecule has 3 nitrogen and oxygen atoms in total. The van der Waals surface area contributed by atoms with Gasteiger partial charge in [0.1, 0.15) is 0 Å². The summed E-state index contributed by atoms with van der Waals surface area (Å²) in [5.74, 6) is 0. The number of aryl methyl sites for hydroxylation is 1. The highest BCUT2D eigenvalue weighted by atomic mass is 16.5. The molecule has 1 heterocycles. The first-order chi connectivity index (χ1) is 6.72. The SMILES string of the molecule is COC1CN(c2c(C)cccc2N)C1. The van der Waals surface area contributed by atoms with Gasteiger partial charge in [0.15, 0.2) is 0 Å². The fourth-order valence-electron chi connectivity index (χ4n) is 1.88. The summed E-state index contributed by atoms with van der Waals surface area (Å²) in [4.78, 5) is 2.26. The lowest BCUT2D eigenvalue weighted by molar-refractivity contribution is 0.0788. The normalized spacial score (nSPS) is 16.9. The monoisotopic (exact) mass is 192 g/mol. The third kappa shape index (κ3) is 1.44. The van der Waals surface area contributed by atoms with Crippen LogP contribution in [0.15, 0.2) is 18.2 Å². The number of nitrogen functional groups attached to an aromatic ring is 1. The summed E-state index contributed by atoms with van der Waals surface area (Å²) >= 11 is 0. The van der Waals surface area contributed by atoms with Crippen LogP contribution in [0.2, 0.25) is 0 Å². The van der Waals surface area contributed by atoms with Crippen molar-refractivity contribution in [1.82, 2.24) is 0 Å². The maximum absolute atomic E-state index is 5.94. The molecule has 76 valence electrons. The second-order valence-corrected chi connectivity index (χ2v) is 3.78. The molecule has 0 bridgehead atoms. The second-order valence-electron chi connectivity index (χ2n) is 3.78. The average Bonchev–Trinajstić information content (AvgIpc) is 2.08. The van der Waals surface area contributed by atoms with Crippen LogP contribution in [0.3, 0.4) is 0 Å². The predicted molar refractivity (Wildman–Crippen MR) is 58.6 cm³/mol. The van der Waals surface area contributed by atoms with Gasteiger partial charge in [0.05, 0.1) is 17.5 Å². The number of ether oxygens (including phenoxy) is 1. The van der Waals surface area contributed by atoms with Gasteiger partial charge in [-0.15, -0.1) is 0 Å². The number of hydrogen-bond donors (Lipinski definition) is 1. The lowest BCUT2D eigenvalue weighted by Gasteiger charge is -2.41. The molecule has 0 radical (unpaired) electrons. The molecule has 1 aliphatic rings. The Kier molecular flexibility index (Phi) is 2.33. The van der Waals surface area contributed by atoms with Crippen LogP contribution in [-0.2, 0) is 4.74 Å². The van der Waals surface area contributed by atoms with Crippen molar-refractivity contribution in [3.63, 3.8) is 0 Å². The first-order valence-electron chi connectivity index (χ1n) is 4.85. The average molecular weight is 192 g/mol. The number of anilines is 2. The fourth-order valence-corrected chi connectivity index (χ4v) is 1.88. The molecule has 14 heavy (non-hydrogen) atoms. The van der Waals surface area contributed by atoms with E-state index in [1.165, 1.54) is 11.3 Å². The number of para-hydroxylation sites is 1. The van der Waals surface area contributed by atoms with Crippen LogP contribution in [0, 0.1) is 6.92 Å². The number of benzene rings is 1. The minimum Gasteiger partial charge on any atom is -0.397 e. The standard InChI is InChI=1S/C11H16N2O/c1-8-4-3-5-10(12)11(8)13-6-9(7-13)14-2/h3-5,9H,6-7,12H2,1-2H3. The second kappa shape index (κ2) is 3.50. The summed E-state index contributed by atoms with van der Waals surface area (Å²) in [7, 11) is 1.75. The van der Waals surface area contributed by atoms with Gasteiger partial charge in [0.25, 0.3) is 0 Å². The Hall–Kier alpha value is -1.22. The van der Waals surface area contributed by atoms with E-state index in [1.54, 1.807) is 7.11 Å². The molecular weight excluding hydrogens is 176 g/mol. The van der Waals surface area contributed by atoms with E-state index in [2.05, 4.69) is 17.9 Å². The lowest BCUT2D eigenvalue weighted by Crippen LogP contribution is -2.52. The molecule has 1 aromatic carbocycles. The Balaban J connectivity index is 2.18. The first kappa shape index (κ1) is 9.34. The summed E-state index contributed by atoms with van der Waals surface area (Å²) in [5, 5.41) is 0. The van der Waals surface area contributed by atoms with E-state index < -0.39 is 0 Å². The Labute approximate surface area is 84.5 Å². The lowest BCUT2D eigenvalue weighted by atomic mass is 10.1. The van der Waals surface area contributed by atoms with Crippen LogP contribution < -0.4 is 10.6 Å². The molecule has 0 atom stereocenters. The number of methoxy groups -OCH3 is 1. The van der Waals surface area contributed by atoms with E-state index in [-0.39, 0.29) is 0 Å². The van der Waals surface area contributed by atoms with Gasteiger partial charge in [0.2, 0.25) is 0 Å². The molecule has 0 saturated carbocycles. The zero-order chi connectivity index (χ0) is 10.1. The highest BCUT2D eigenvalue weighted by molar-refractivity contribution is 5.72. The van der Waals surface area contributed by atoms with Gasteiger partial charge < -0.3 is 15.4 Å². The van der Waals surface area contributed by atoms with Crippen LogP contribution in [-0.4, -0.2) is 26.3 Å². The summed E-state index contributed by atoms with van der Waals surface area (Å²) < 4.78 is 5.24. The van der Waals surface area contributed by atoms with Crippen molar-refractivity contribution in [2.75, 3.05) is 30.8 Å². The third-order valence-corrected chi connectivity index (χ3v) is 2.77. The van der Waals surface area contributed by atoms with Crippen molar-refractivity contribution in [2.45, 2.75) is 13.0 Å². The molecule has 1 saturated heterocycles. The summed E-state index contributed by atoms with van der Waals surface area (Å²) in [5.41, 5.74) is 9.20. The third-order valence-electron chi connectivity index (χ3n) is 2.77. The largest absolute Gasteiger partial charge is 0.397 e. The van der Waals surface area contributed by atoms with Gasteiger partial charge in [0, 0.05) is 20.2 Å². The highest BCUT2D eigenvalue weighted by Crippen LogP contribution is 2.31. The van der Waals surface area contributed by atoms with Crippen LogP contribution in [0.1, 0.15) is 5.56 Å². The van der Waals surface area contributed by atoms with E-state index in [0.717, 1.165) is 18.8 Å². The molecule has 1 fully saturated rings. The Morgan fingerprint density at radius 2 is 2.14 bits per heavy atom. The molecule has 2 N–H and O–H groups in total. The van der Waals surface area contributed by atoms with Crippen molar-refractivity contribution in [3.8, 4) is 0 Å². The minimum atomic E-state index is 0.369.